The molecule has 0 spiro atoms. The molecular formula is C25H33FO2S. The van der Waals surface area contributed by atoms with Crippen molar-refractivity contribution in [3.8, 4) is 0 Å². The number of carbonyl (C=O) groups is 1. The molecule has 0 saturated carbocycles. The van der Waals surface area contributed by atoms with E-state index in [2.05, 4.69) is 40.0 Å². The molecule has 1 fully saturated rings. The number of hydrogen-bond acceptors (Lipinski definition) is 3. The molecule has 1 atom stereocenters. The Bertz CT molecular complexity index is 824. The third-order valence-electron chi connectivity index (χ3n) is 5.89. The standard InChI is InChI=1S/C23H27FO2S.C2H6/c1-22(2)13-20(26-23(22,3)4)19-12-15(14-27-5)6-11-18(19)21(25)16-7-9-17(24)10-8-16;1-2/h6-12,20H,13-14H2,1-5H3;1-2H3. The van der Waals surface area contributed by atoms with Crippen molar-refractivity contribution in [3.63, 3.8) is 0 Å². The first-order valence-corrected chi connectivity index (χ1v) is 11.6. The van der Waals surface area contributed by atoms with Gasteiger partial charge in [0.25, 0.3) is 0 Å². The van der Waals surface area contributed by atoms with Crippen LogP contribution in [0.1, 0.15) is 81.1 Å². The van der Waals surface area contributed by atoms with Crippen LogP contribution in [0.5, 0.6) is 0 Å². The zero-order valence-electron chi connectivity index (χ0n) is 18.6. The van der Waals surface area contributed by atoms with Gasteiger partial charge in [-0.25, -0.2) is 4.39 Å². The Morgan fingerprint density at radius 3 is 2.24 bits per heavy atom. The number of benzene rings is 2. The van der Waals surface area contributed by atoms with Crippen LogP contribution in [0.2, 0.25) is 0 Å². The first-order chi connectivity index (χ1) is 13.6. The van der Waals surface area contributed by atoms with Crippen LogP contribution in [-0.4, -0.2) is 17.6 Å². The average molecular weight is 417 g/mol. The van der Waals surface area contributed by atoms with Gasteiger partial charge in [0.1, 0.15) is 5.82 Å². The molecule has 0 amide bonds. The van der Waals surface area contributed by atoms with Crippen molar-refractivity contribution in [2.24, 2.45) is 5.41 Å². The summed E-state index contributed by atoms with van der Waals surface area (Å²) < 4.78 is 19.7. The fourth-order valence-electron chi connectivity index (χ4n) is 3.54. The molecule has 1 unspecified atom stereocenters. The van der Waals surface area contributed by atoms with Gasteiger partial charge in [-0.2, -0.15) is 11.8 Å². The molecule has 3 rings (SSSR count). The topological polar surface area (TPSA) is 26.3 Å². The van der Waals surface area contributed by atoms with Gasteiger partial charge in [-0.3, -0.25) is 4.79 Å². The molecule has 2 aromatic rings. The van der Waals surface area contributed by atoms with E-state index in [1.165, 1.54) is 17.7 Å². The highest BCUT2D eigenvalue weighted by Crippen LogP contribution is 2.52. The van der Waals surface area contributed by atoms with Gasteiger partial charge in [0.2, 0.25) is 0 Å². The number of halogens is 1. The van der Waals surface area contributed by atoms with Crippen LogP contribution in [0.4, 0.5) is 4.39 Å². The molecule has 158 valence electrons. The van der Waals surface area contributed by atoms with Gasteiger partial charge < -0.3 is 4.74 Å². The Balaban J connectivity index is 0.00000145. The lowest BCUT2D eigenvalue weighted by Gasteiger charge is -2.32. The van der Waals surface area contributed by atoms with Crippen LogP contribution < -0.4 is 0 Å². The molecule has 0 aliphatic carbocycles. The second-order valence-corrected chi connectivity index (χ2v) is 9.26. The predicted octanol–water partition coefficient (Wildman–Crippen LogP) is 7.21. The Morgan fingerprint density at radius 2 is 1.72 bits per heavy atom. The average Bonchev–Trinajstić information content (AvgIpc) is 2.91. The summed E-state index contributed by atoms with van der Waals surface area (Å²) in [4.78, 5) is 13.1. The van der Waals surface area contributed by atoms with Crippen LogP contribution >= 0.6 is 11.8 Å². The van der Waals surface area contributed by atoms with Gasteiger partial charge in [0, 0.05) is 16.9 Å². The second kappa shape index (κ2) is 9.44. The molecule has 0 aromatic heterocycles. The largest absolute Gasteiger partial charge is 0.367 e. The molecule has 29 heavy (non-hydrogen) atoms. The van der Waals surface area contributed by atoms with Gasteiger partial charge >= 0.3 is 0 Å². The van der Waals surface area contributed by atoms with E-state index in [0.29, 0.717) is 11.1 Å². The van der Waals surface area contributed by atoms with E-state index in [1.54, 1.807) is 23.9 Å². The lowest BCUT2D eigenvalue weighted by molar-refractivity contribution is -0.0524. The summed E-state index contributed by atoms with van der Waals surface area (Å²) in [5.74, 6) is 0.453. The third kappa shape index (κ3) is 5.10. The van der Waals surface area contributed by atoms with Crippen molar-refractivity contribution in [1.29, 1.82) is 0 Å². The van der Waals surface area contributed by atoms with Gasteiger partial charge in [0.15, 0.2) is 5.78 Å². The summed E-state index contributed by atoms with van der Waals surface area (Å²) in [6.07, 6.45) is 2.79. The molecule has 4 heteroatoms. The number of rotatable bonds is 5. The minimum absolute atomic E-state index is 0.00334. The molecular weight excluding hydrogens is 383 g/mol. The van der Waals surface area contributed by atoms with Crippen LogP contribution in [-0.2, 0) is 10.5 Å². The lowest BCUT2D eigenvalue weighted by Crippen LogP contribution is -2.34. The number of thioether (sulfide) groups is 1. The Morgan fingerprint density at radius 1 is 1.10 bits per heavy atom. The number of hydrogen-bond donors (Lipinski definition) is 0. The molecule has 2 aromatic carbocycles. The maximum absolute atomic E-state index is 13.3. The van der Waals surface area contributed by atoms with Gasteiger partial charge in [0.05, 0.1) is 11.7 Å². The highest BCUT2D eigenvalue weighted by Gasteiger charge is 2.48. The smallest absolute Gasteiger partial charge is 0.193 e. The number of ketones is 1. The van der Waals surface area contributed by atoms with Crippen molar-refractivity contribution in [3.05, 3.63) is 70.5 Å². The van der Waals surface area contributed by atoms with Crippen LogP contribution in [0.3, 0.4) is 0 Å². The predicted molar refractivity (Wildman–Crippen MR) is 121 cm³/mol. The molecule has 0 bridgehead atoms. The molecule has 0 radical (unpaired) electrons. The van der Waals surface area contributed by atoms with Gasteiger partial charge in [-0.05, 0) is 67.3 Å². The van der Waals surface area contributed by atoms with E-state index in [-0.39, 0.29) is 28.7 Å². The first-order valence-electron chi connectivity index (χ1n) is 10.2. The van der Waals surface area contributed by atoms with Crippen molar-refractivity contribution in [2.45, 2.75) is 65.4 Å². The van der Waals surface area contributed by atoms with E-state index in [9.17, 15) is 9.18 Å². The Labute approximate surface area is 179 Å². The minimum atomic E-state index is -0.343. The highest BCUT2D eigenvalue weighted by atomic mass is 32.2. The normalized spacial score (nSPS) is 19.4. The van der Waals surface area contributed by atoms with E-state index < -0.39 is 0 Å². The highest BCUT2D eigenvalue weighted by molar-refractivity contribution is 7.97. The maximum Gasteiger partial charge on any atom is 0.193 e. The van der Waals surface area contributed by atoms with Crippen LogP contribution in [0, 0.1) is 11.2 Å². The molecule has 1 aliphatic rings. The van der Waals surface area contributed by atoms with Crippen molar-refractivity contribution >= 4 is 17.5 Å². The van der Waals surface area contributed by atoms with E-state index >= 15 is 0 Å². The minimum Gasteiger partial charge on any atom is -0.367 e. The third-order valence-corrected chi connectivity index (χ3v) is 6.51. The monoisotopic (exact) mass is 416 g/mol. The van der Waals surface area contributed by atoms with Gasteiger partial charge in [-0.1, -0.05) is 45.9 Å². The Hall–Kier alpha value is -1.65. The van der Waals surface area contributed by atoms with E-state index in [0.717, 1.165) is 17.7 Å². The fourth-order valence-corrected chi connectivity index (χ4v) is 4.05. The van der Waals surface area contributed by atoms with Crippen molar-refractivity contribution in [1.82, 2.24) is 0 Å². The summed E-state index contributed by atoms with van der Waals surface area (Å²) in [5.41, 5.74) is 2.98. The second-order valence-electron chi connectivity index (χ2n) is 8.40. The molecule has 1 aliphatic heterocycles. The zero-order valence-corrected chi connectivity index (χ0v) is 19.5. The van der Waals surface area contributed by atoms with Crippen LogP contribution in [0.15, 0.2) is 42.5 Å². The summed E-state index contributed by atoms with van der Waals surface area (Å²) >= 11 is 1.75. The summed E-state index contributed by atoms with van der Waals surface area (Å²) in [7, 11) is 0. The number of carbonyl (C=O) groups excluding carboxylic acids is 1. The zero-order chi connectivity index (χ0) is 21.8. The Kier molecular flexibility index (Phi) is 7.69. The SMILES string of the molecule is CC.CSCc1ccc(C(=O)c2ccc(F)cc2)c(C2CC(C)(C)C(C)(C)O2)c1. The van der Waals surface area contributed by atoms with E-state index in [1.807, 2.05) is 26.0 Å². The summed E-state index contributed by atoms with van der Waals surface area (Å²) in [5, 5.41) is 0. The van der Waals surface area contributed by atoms with Gasteiger partial charge in [-0.15, -0.1) is 0 Å². The molecule has 1 heterocycles. The van der Waals surface area contributed by atoms with Crippen molar-refractivity contribution in [2.75, 3.05) is 6.26 Å². The first kappa shape index (κ1) is 23.6. The van der Waals surface area contributed by atoms with Crippen molar-refractivity contribution < 1.29 is 13.9 Å². The quantitative estimate of drug-likeness (QED) is 0.482. The molecule has 2 nitrogen and oxygen atoms in total. The number of ether oxygens (including phenoxy) is 1. The maximum atomic E-state index is 13.3. The fraction of sp³-hybridized carbons (Fsp3) is 0.480. The molecule has 1 saturated heterocycles. The summed E-state index contributed by atoms with van der Waals surface area (Å²) in [6, 6.07) is 11.7. The van der Waals surface area contributed by atoms with E-state index in [4.69, 9.17) is 4.74 Å². The lowest BCUT2D eigenvalue weighted by atomic mass is 9.75. The molecule has 0 N–H and O–H groups in total. The summed E-state index contributed by atoms with van der Waals surface area (Å²) in [6.45, 7) is 12.6. The van der Waals surface area contributed by atoms with Crippen LogP contribution in [0.25, 0.3) is 0 Å².